The maximum absolute atomic E-state index is 11.9. The topological polar surface area (TPSA) is 77.5 Å². The minimum Gasteiger partial charge on any atom is -0.393 e. The zero-order valence-corrected chi connectivity index (χ0v) is 12.8. The van der Waals surface area contributed by atoms with Gasteiger partial charge in [0.05, 0.1) is 6.10 Å². The summed E-state index contributed by atoms with van der Waals surface area (Å²) in [6.45, 7) is 1.71. The molecule has 0 spiro atoms. The molecule has 0 radical (unpaired) electrons. The summed E-state index contributed by atoms with van der Waals surface area (Å²) in [5.41, 5.74) is 1.83. The second-order valence-corrected chi connectivity index (χ2v) is 5.56. The molecule has 1 aliphatic rings. The standard InChI is InChI=1S/C17H20N4O2/c22-15-8-11-21(12-9-15)14-6-4-13(5-7-14)19-17(23)20-16-3-1-2-10-18-16/h1-7,10,15,22H,8-9,11-12H2,(H2,18,19,20,23). The minimum atomic E-state index is -0.322. The van der Waals surface area contributed by atoms with Gasteiger partial charge in [-0.05, 0) is 49.2 Å². The summed E-state index contributed by atoms with van der Waals surface area (Å²) in [6.07, 6.45) is 3.04. The highest BCUT2D eigenvalue weighted by Crippen LogP contribution is 2.22. The number of nitrogens with one attached hydrogen (secondary N) is 2. The quantitative estimate of drug-likeness (QED) is 0.814. The molecule has 0 bridgehead atoms. The van der Waals surface area contributed by atoms with E-state index in [4.69, 9.17) is 0 Å². The van der Waals surface area contributed by atoms with Crippen LogP contribution in [0.25, 0.3) is 0 Å². The Balaban J connectivity index is 1.56. The number of pyridine rings is 1. The van der Waals surface area contributed by atoms with Crippen molar-refractivity contribution in [1.29, 1.82) is 0 Å². The van der Waals surface area contributed by atoms with Crippen molar-refractivity contribution in [2.24, 2.45) is 0 Å². The van der Waals surface area contributed by atoms with E-state index in [1.54, 1.807) is 18.3 Å². The zero-order valence-electron chi connectivity index (χ0n) is 12.8. The van der Waals surface area contributed by atoms with E-state index in [0.29, 0.717) is 5.82 Å². The lowest BCUT2D eigenvalue weighted by molar-refractivity contribution is 0.145. The Morgan fingerprint density at radius 3 is 2.48 bits per heavy atom. The van der Waals surface area contributed by atoms with Crippen molar-refractivity contribution in [2.75, 3.05) is 28.6 Å². The number of hydrogen-bond donors (Lipinski definition) is 3. The molecule has 6 nitrogen and oxygen atoms in total. The van der Waals surface area contributed by atoms with Crippen molar-refractivity contribution in [2.45, 2.75) is 18.9 Å². The van der Waals surface area contributed by atoms with Crippen LogP contribution in [-0.4, -0.2) is 35.3 Å². The Kier molecular flexibility index (Phi) is 4.73. The van der Waals surface area contributed by atoms with E-state index in [0.717, 1.165) is 37.3 Å². The van der Waals surface area contributed by atoms with Gasteiger partial charge in [-0.1, -0.05) is 6.07 Å². The van der Waals surface area contributed by atoms with Crippen LogP contribution in [0.2, 0.25) is 0 Å². The van der Waals surface area contributed by atoms with E-state index >= 15 is 0 Å². The van der Waals surface area contributed by atoms with E-state index in [1.807, 2.05) is 30.3 Å². The number of anilines is 3. The Labute approximate surface area is 135 Å². The van der Waals surface area contributed by atoms with Gasteiger partial charge in [-0.15, -0.1) is 0 Å². The molecular formula is C17H20N4O2. The number of carbonyl (C=O) groups excluding carboxylic acids is 1. The lowest BCUT2D eigenvalue weighted by Gasteiger charge is -2.31. The lowest BCUT2D eigenvalue weighted by atomic mass is 10.1. The first kappa shape index (κ1) is 15.3. The SMILES string of the molecule is O=C(Nc1ccc(N2CCC(O)CC2)cc1)Nc1ccccn1. The number of carbonyl (C=O) groups is 1. The number of piperidine rings is 1. The first-order valence-corrected chi connectivity index (χ1v) is 7.73. The molecule has 1 saturated heterocycles. The Bertz CT molecular complexity index is 637. The van der Waals surface area contributed by atoms with Crippen LogP contribution in [0, 0.1) is 0 Å². The van der Waals surface area contributed by atoms with Crippen LogP contribution in [0.4, 0.5) is 22.0 Å². The predicted molar refractivity (Wildman–Crippen MR) is 90.8 cm³/mol. The van der Waals surface area contributed by atoms with E-state index in [9.17, 15) is 9.90 Å². The summed E-state index contributed by atoms with van der Waals surface area (Å²) < 4.78 is 0. The van der Waals surface area contributed by atoms with Crippen LogP contribution in [0.3, 0.4) is 0 Å². The number of benzene rings is 1. The normalized spacial score (nSPS) is 15.3. The molecule has 0 aliphatic carbocycles. The Hall–Kier alpha value is -2.60. The van der Waals surface area contributed by atoms with E-state index < -0.39 is 0 Å². The molecule has 6 heteroatoms. The second kappa shape index (κ2) is 7.11. The summed E-state index contributed by atoms with van der Waals surface area (Å²) in [6, 6.07) is 12.7. The number of nitrogens with zero attached hydrogens (tertiary/aromatic N) is 2. The van der Waals surface area contributed by atoms with Gasteiger partial charge in [0.1, 0.15) is 5.82 Å². The van der Waals surface area contributed by atoms with Gasteiger partial charge in [-0.25, -0.2) is 9.78 Å². The van der Waals surface area contributed by atoms with Crippen molar-refractivity contribution < 1.29 is 9.90 Å². The molecule has 1 aliphatic heterocycles. The van der Waals surface area contributed by atoms with Gasteiger partial charge >= 0.3 is 6.03 Å². The molecule has 0 unspecified atom stereocenters. The van der Waals surface area contributed by atoms with Crippen molar-refractivity contribution in [3.8, 4) is 0 Å². The molecule has 3 N–H and O–H groups in total. The Morgan fingerprint density at radius 1 is 1.09 bits per heavy atom. The molecule has 3 rings (SSSR count). The molecule has 0 saturated carbocycles. The number of urea groups is 1. The van der Waals surface area contributed by atoms with Crippen molar-refractivity contribution in [3.63, 3.8) is 0 Å². The van der Waals surface area contributed by atoms with E-state index in [-0.39, 0.29) is 12.1 Å². The van der Waals surface area contributed by atoms with Gasteiger partial charge in [-0.2, -0.15) is 0 Å². The van der Waals surface area contributed by atoms with Crippen molar-refractivity contribution in [3.05, 3.63) is 48.7 Å². The van der Waals surface area contributed by atoms with Gasteiger partial charge in [-0.3, -0.25) is 5.32 Å². The first-order valence-electron chi connectivity index (χ1n) is 7.73. The fraction of sp³-hybridized carbons (Fsp3) is 0.294. The predicted octanol–water partition coefficient (Wildman–Crippen LogP) is 2.69. The van der Waals surface area contributed by atoms with Gasteiger partial charge < -0.3 is 15.3 Å². The van der Waals surface area contributed by atoms with E-state index in [1.165, 1.54) is 0 Å². The number of aliphatic hydroxyl groups is 1. The van der Waals surface area contributed by atoms with Crippen LogP contribution in [0.5, 0.6) is 0 Å². The highest BCUT2D eigenvalue weighted by atomic mass is 16.3. The number of aromatic nitrogens is 1. The van der Waals surface area contributed by atoms with Crippen LogP contribution < -0.4 is 15.5 Å². The lowest BCUT2D eigenvalue weighted by Crippen LogP contribution is -2.35. The van der Waals surface area contributed by atoms with Gasteiger partial charge in [0.25, 0.3) is 0 Å². The molecule has 2 heterocycles. The maximum atomic E-state index is 11.9. The minimum absolute atomic E-state index is 0.178. The number of hydrogen-bond acceptors (Lipinski definition) is 4. The third-order valence-corrected chi connectivity index (χ3v) is 3.86. The van der Waals surface area contributed by atoms with Gasteiger partial charge in [0.2, 0.25) is 0 Å². The summed E-state index contributed by atoms with van der Waals surface area (Å²) in [4.78, 5) is 18.2. The van der Waals surface area contributed by atoms with Crippen LogP contribution in [0.15, 0.2) is 48.7 Å². The second-order valence-electron chi connectivity index (χ2n) is 5.56. The maximum Gasteiger partial charge on any atom is 0.324 e. The molecule has 120 valence electrons. The largest absolute Gasteiger partial charge is 0.393 e. The van der Waals surface area contributed by atoms with Gasteiger partial charge in [0.15, 0.2) is 0 Å². The van der Waals surface area contributed by atoms with Crippen LogP contribution >= 0.6 is 0 Å². The van der Waals surface area contributed by atoms with Crippen LogP contribution in [-0.2, 0) is 0 Å². The smallest absolute Gasteiger partial charge is 0.324 e. The van der Waals surface area contributed by atoms with E-state index in [2.05, 4.69) is 20.5 Å². The summed E-state index contributed by atoms with van der Waals surface area (Å²) in [5.74, 6) is 0.508. The number of amides is 2. The molecule has 1 fully saturated rings. The fourth-order valence-electron chi connectivity index (χ4n) is 2.60. The molecule has 2 aromatic rings. The summed E-state index contributed by atoms with van der Waals surface area (Å²) in [7, 11) is 0. The highest BCUT2D eigenvalue weighted by molar-refractivity contribution is 5.99. The average molecular weight is 312 g/mol. The number of aliphatic hydroxyl groups excluding tert-OH is 1. The molecule has 2 amide bonds. The van der Waals surface area contributed by atoms with Crippen molar-refractivity contribution in [1.82, 2.24) is 4.98 Å². The summed E-state index contributed by atoms with van der Waals surface area (Å²) >= 11 is 0. The third-order valence-electron chi connectivity index (χ3n) is 3.86. The van der Waals surface area contributed by atoms with Crippen LogP contribution in [0.1, 0.15) is 12.8 Å². The Morgan fingerprint density at radius 2 is 1.83 bits per heavy atom. The molecule has 0 atom stereocenters. The molecule has 1 aromatic carbocycles. The molecule has 1 aromatic heterocycles. The monoisotopic (exact) mass is 312 g/mol. The third kappa shape index (κ3) is 4.20. The first-order chi connectivity index (χ1) is 11.2. The molecular weight excluding hydrogens is 292 g/mol. The fourth-order valence-corrected chi connectivity index (χ4v) is 2.60. The summed E-state index contributed by atoms with van der Waals surface area (Å²) in [5, 5.41) is 15.0. The average Bonchev–Trinajstić information content (AvgIpc) is 2.57. The van der Waals surface area contributed by atoms with Crippen molar-refractivity contribution >= 4 is 23.2 Å². The zero-order chi connectivity index (χ0) is 16.1. The number of rotatable bonds is 3. The van der Waals surface area contributed by atoms with Gasteiger partial charge in [0, 0.05) is 30.7 Å². The molecule has 23 heavy (non-hydrogen) atoms. The highest BCUT2D eigenvalue weighted by Gasteiger charge is 2.17.